The molecular weight excluding hydrogens is 398 g/mol. The molecule has 0 fully saturated rings. The van der Waals surface area contributed by atoms with E-state index >= 15 is 0 Å². The van der Waals surface area contributed by atoms with Crippen molar-refractivity contribution in [2.75, 3.05) is 38.8 Å². The highest BCUT2D eigenvalue weighted by Crippen LogP contribution is 2.21. The number of nitrogens with two attached hydrogens (primary N) is 1. The van der Waals surface area contributed by atoms with Gasteiger partial charge in [-0.15, -0.1) is 0 Å². The summed E-state index contributed by atoms with van der Waals surface area (Å²) in [5.74, 6) is 0.638. The normalized spacial score (nSPS) is 13.4. The van der Waals surface area contributed by atoms with Crippen molar-refractivity contribution < 1.29 is 8.42 Å². The monoisotopic (exact) mass is 429 g/mol. The number of nitrogens with one attached hydrogen (secondary N) is 1. The van der Waals surface area contributed by atoms with E-state index in [1.54, 1.807) is 36.7 Å². The highest BCUT2D eigenvalue weighted by Gasteiger charge is 2.19. The third-order valence-corrected chi connectivity index (χ3v) is 6.19. The maximum Gasteiger partial charge on any atom is 0.175 e. The minimum atomic E-state index is -3.22. The van der Waals surface area contributed by atoms with Crippen LogP contribution in [0.5, 0.6) is 0 Å². The first-order valence-electron chi connectivity index (χ1n) is 9.52. The van der Waals surface area contributed by atoms with Crippen LogP contribution < -0.4 is 16.0 Å². The average molecular weight is 430 g/mol. The van der Waals surface area contributed by atoms with Crippen molar-refractivity contribution in [1.82, 2.24) is 15.2 Å². The lowest BCUT2D eigenvalue weighted by Crippen LogP contribution is -2.45. The Labute approximate surface area is 179 Å². The van der Waals surface area contributed by atoms with Crippen molar-refractivity contribution in [3.05, 3.63) is 72.3 Å². The van der Waals surface area contributed by atoms with Gasteiger partial charge in [0.1, 0.15) is 12.0 Å². The largest absolute Gasteiger partial charge is 0.385 e. The van der Waals surface area contributed by atoms with E-state index in [1.807, 2.05) is 45.1 Å². The Morgan fingerprint density at radius 3 is 2.37 bits per heavy atom. The number of sulfone groups is 1. The first-order chi connectivity index (χ1) is 14.1. The summed E-state index contributed by atoms with van der Waals surface area (Å²) in [7, 11) is 2.56. The number of pyridine rings is 1. The average Bonchev–Trinajstić information content (AvgIpc) is 2.73. The van der Waals surface area contributed by atoms with E-state index in [9.17, 15) is 8.42 Å². The van der Waals surface area contributed by atoms with Gasteiger partial charge in [-0.25, -0.2) is 8.42 Å². The Hall–Kier alpha value is -2.84. The molecule has 0 saturated heterocycles. The lowest BCUT2D eigenvalue weighted by molar-refractivity contribution is 0.447. The Morgan fingerprint density at radius 1 is 1.23 bits per heavy atom. The van der Waals surface area contributed by atoms with Crippen LogP contribution in [-0.4, -0.2) is 58.4 Å². The predicted octanol–water partition coefficient (Wildman–Crippen LogP) is 2.30. The van der Waals surface area contributed by atoms with E-state index in [0.717, 1.165) is 22.4 Å². The van der Waals surface area contributed by atoms with Crippen molar-refractivity contribution in [3.8, 4) is 0 Å². The third kappa shape index (κ3) is 5.61. The van der Waals surface area contributed by atoms with Gasteiger partial charge < -0.3 is 15.5 Å². The van der Waals surface area contributed by atoms with Gasteiger partial charge in [0.25, 0.3) is 0 Å². The number of likely N-dealkylation sites (N-methyl/N-ethyl adjacent to an activating group) is 3. The van der Waals surface area contributed by atoms with Crippen molar-refractivity contribution in [2.45, 2.75) is 18.0 Å². The summed E-state index contributed by atoms with van der Waals surface area (Å²) in [5.41, 5.74) is 10.1. The van der Waals surface area contributed by atoms with E-state index < -0.39 is 9.84 Å². The van der Waals surface area contributed by atoms with E-state index in [2.05, 4.69) is 21.8 Å². The maximum absolute atomic E-state index is 11.6. The van der Waals surface area contributed by atoms with Crippen molar-refractivity contribution in [3.63, 3.8) is 0 Å². The molecule has 2 rings (SSSR count). The summed E-state index contributed by atoms with van der Waals surface area (Å²) in [6.45, 7) is 6.64. The summed E-state index contributed by atoms with van der Waals surface area (Å²) in [6, 6.07) is 10.6. The number of benzene rings is 1. The van der Waals surface area contributed by atoms with Crippen molar-refractivity contribution >= 4 is 21.1 Å². The van der Waals surface area contributed by atoms with Gasteiger partial charge in [-0.1, -0.05) is 18.7 Å². The lowest BCUT2D eigenvalue weighted by Gasteiger charge is -2.33. The molecule has 0 bridgehead atoms. The van der Waals surface area contributed by atoms with Gasteiger partial charge in [0.05, 0.1) is 16.8 Å². The van der Waals surface area contributed by atoms with Gasteiger partial charge in [-0.05, 0) is 49.4 Å². The fourth-order valence-electron chi connectivity index (χ4n) is 3.25. The molecule has 30 heavy (non-hydrogen) atoms. The van der Waals surface area contributed by atoms with E-state index in [1.165, 1.54) is 6.26 Å². The molecule has 1 heterocycles. The molecule has 1 aromatic heterocycles. The van der Waals surface area contributed by atoms with Crippen LogP contribution in [-0.2, 0) is 9.84 Å². The molecule has 3 N–H and O–H groups in total. The number of hydrogen-bond donors (Lipinski definition) is 2. The van der Waals surface area contributed by atoms with Gasteiger partial charge in [0.15, 0.2) is 9.84 Å². The zero-order valence-corrected chi connectivity index (χ0v) is 19.1. The van der Waals surface area contributed by atoms with Crippen molar-refractivity contribution in [2.24, 2.45) is 5.73 Å². The third-order valence-electron chi connectivity index (χ3n) is 5.06. The fraction of sp³-hybridized carbons (Fsp3) is 0.318. The molecule has 0 amide bonds. The molecule has 2 aromatic rings. The van der Waals surface area contributed by atoms with E-state index in [0.29, 0.717) is 12.4 Å². The molecule has 0 aliphatic rings. The molecule has 162 valence electrons. The van der Waals surface area contributed by atoms with Crippen LogP contribution in [0.25, 0.3) is 5.57 Å². The minimum absolute atomic E-state index is 0.112. The van der Waals surface area contributed by atoms with Gasteiger partial charge in [-0.2, -0.15) is 0 Å². The molecule has 0 aliphatic carbocycles. The minimum Gasteiger partial charge on any atom is -0.385 e. The summed E-state index contributed by atoms with van der Waals surface area (Å²) in [4.78, 5) is 8.47. The number of hydrogen-bond acceptors (Lipinski definition) is 7. The highest BCUT2D eigenvalue weighted by atomic mass is 32.2. The second-order valence-electron chi connectivity index (χ2n) is 7.34. The number of rotatable bonds is 9. The van der Waals surface area contributed by atoms with Gasteiger partial charge in [0, 0.05) is 38.7 Å². The summed E-state index contributed by atoms with van der Waals surface area (Å²) >= 11 is 0. The number of anilines is 1. The van der Waals surface area contributed by atoms with Crippen molar-refractivity contribution in [1.29, 1.82) is 0 Å². The standard InChI is InChI=1S/C22H31N5O2S/c1-16(18-9-11-20(12-10-18)30(6,28)29)15-26(4)21(23)17(2)22(24-3)27(5)19-8-7-13-25-14-19/h7-14,22,24H,1,15,23H2,2-6H3/b21-17+. The molecule has 1 atom stereocenters. The van der Waals surface area contributed by atoms with Crippen LogP contribution in [0.3, 0.4) is 0 Å². The van der Waals surface area contributed by atoms with Crippen LogP contribution in [0.4, 0.5) is 5.69 Å². The molecule has 8 heteroatoms. The first kappa shape index (κ1) is 23.4. The van der Waals surface area contributed by atoms with Gasteiger partial charge >= 0.3 is 0 Å². The Balaban J connectivity index is 2.16. The zero-order chi connectivity index (χ0) is 22.5. The molecule has 1 aromatic carbocycles. The molecule has 0 saturated carbocycles. The Kier molecular flexibility index (Phi) is 7.64. The second-order valence-corrected chi connectivity index (χ2v) is 9.35. The van der Waals surface area contributed by atoms with Gasteiger partial charge in [0.2, 0.25) is 0 Å². The SMILES string of the molecule is C=C(CN(C)/C(N)=C(\C)C(NC)N(C)c1cccnc1)c1ccc(S(C)(=O)=O)cc1. The Morgan fingerprint density at radius 2 is 1.87 bits per heavy atom. The summed E-state index contributed by atoms with van der Waals surface area (Å²) in [6.07, 6.45) is 4.63. The molecule has 0 spiro atoms. The summed E-state index contributed by atoms with van der Waals surface area (Å²) < 4.78 is 23.3. The topological polar surface area (TPSA) is 91.6 Å². The van der Waals surface area contributed by atoms with E-state index in [-0.39, 0.29) is 11.1 Å². The molecule has 1 unspecified atom stereocenters. The zero-order valence-electron chi connectivity index (χ0n) is 18.3. The van der Waals surface area contributed by atoms with Crippen LogP contribution in [0.1, 0.15) is 12.5 Å². The number of nitrogens with zero attached hydrogens (tertiary/aromatic N) is 3. The van der Waals surface area contributed by atoms with Crippen LogP contribution in [0.2, 0.25) is 0 Å². The second kappa shape index (κ2) is 9.77. The molecule has 0 aliphatic heterocycles. The maximum atomic E-state index is 11.6. The van der Waals surface area contributed by atoms with Gasteiger partial charge in [-0.3, -0.25) is 10.3 Å². The Bertz CT molecular complexity index is 1000. The quantitative estimate of drug-likeness (QED) is 0.591. The number of aromatic nitrogens is 1. The molecule has 7 nitrogen and oxygen atoms in total. The highest BCUT2D eigenvalue weighted by molar-refractivity contribution is 7.90. The summed E-state index contributed by atoms with van der Waals surface area (Å²) in [5, 5.41) is 3.30. The van der Waals surface area contributed by atoms with Crippen LogP contribution in [0.15, 0.2) is 71.7 Å². The van der Waals surface area contributed by atoms with E-state index in [4.69, 9.17) is 5.73 Å². The lowest BCUT2D eigenvalue weighted by atomic mass is 10.1. The molecule has 0 radical (unpaired) electrons. The van der Waals surface area contributed by atoms with Crippen LogP contribution in [0, 0.1) is 0 Å². The fourth-order valence-corrected chi connectivity index (χ4v) is 3.88. The predicted molar refractivity (Wildman–Crippen MR) is 124 cm³/mol. The smallest absolute Gasteiger partial charge is 0.175 e. The first-order valence-corrected chi connectivity index (χ1v) is 11.4. The molecular formula is C22H31N5O2S. The van der Waals surface area contributed by atoms with Crippen LogP contribution >= 0.6 is 0 Å².